The van der Waals surface area contributed by atoms with Gasteiger partial charge in [0.2, 0.25) is 0 Å². The number of halogens is 3. The third-order valence-corrected chi connectivity index (χ3v) is 7.70. The van der Waals surface area contributed by atoms with Crippen molar-refractivity contribution in [3.05, 3.63) is 0 Å². The molecule has 0 saturated heterocycles. The highest BCUT2D eigenvalue weighted by molar-refractivity contribution is 7.92. The summed E-state index contributed by atoms with van der Waals surface area (Å²) in [6.07, 6.45) is 5.96. The van der Waals surface area contributed by atoms with E-state index < -0.39 is 57.9 Å². The van der Waals surface area contributed by atoms with Crippen molar-refractivity contribution in [1.29, 1.82) is 4.78 Å². The molecule has 0 aliphatic heterocycles. The number of hydrogen-bond donors (Lipinski definition) is 3. The van der Waals surface area contributed by atoms with Gasteiger partial charge in [0.15, 0.2) is 6.10 Å². The van der Waals surface area contributed by atoms with Gasteiger partial charge in [0.1, 0.15) is 6.04 Å². The van der Waals surface area contributed by atoms with Crippen molar-refractivity contribution in [2.45, 2.75) is 128 Å². The zero-order valence-corrected chi connectivity index (χ0v) is 21.9. The van der Waals surface area contributed by atoms with Gasteiger partial charge < -0.3 is 15.6 Å². The lowest BCUT2D eigenvalue weighted by Gasteiger charge is -2.21. The molecule has 0 aromatic rings. The quantitative estimate of drug-likeness (QED) is 0.113. The Balaban J connectivity index is 4.08. The van der Waals surface area contributed by atoms with Gasteiger partial charge in [-0.3, -0.25) is 14.4 Å². The second-order valence-corrected chi connectivity index (χ2v) is 11.7. The third kappa shape index (κ3) is 19.5. The van der Waals surface area contributed by atoms with Gasteiger partial charge in [0, 0.05) is 34.1 Å². The number of carboxylic acids is 1. The topological polar surface area (TPSA) is 131 Å². The molecule has 3 atom stereocenters. The lowest BCUT2D eigenvalue weighted by atomic mass is 10.0. The zero-order chi connectivity index (χ0) is 26.7. The summed E-state index contributed by atoms with van der Waals surface area (Å²) in [5.74, 6) is -3.39. The highest BCUT2D eigenvalue weighted by Gasteiger charge is 2.42. The van der Waals surface area contributed by atoms with Crippen molar-refractivity contribution >= 4 is 21.7 Å². The van der Waals surface area contributed by atoms with Gasteiger partial charge in [0.05, 0.1) is 0 Å². The molecule has 0 amide bonds. The van der Waals surface area contributed by atoms with Gasteiger partial charge >= 0.3 is 18.1 Å². The minimum absolute atomic E-state index is 0.117. The molecule has 0 saturated carbocycles. The number of unbranched alkanes of at least 4 members (excludes halogenated alkanes) is 12. The average molecular weight is 531 g/mol. The Kier molecular flexibility index (Phi) is 18.1. The fraction of sp³-hybridized carbons (Fsp3) is 0.917. The lowest BCUT2D eigenvalue weighted by molar-refractivity contribution is -0.221. The van der Waals surface area contributed by atoms with Crippen LogP contribution in [-0.2, 0) is 24.1 Å². The fourth-order valence-electron chi connectivity index (χ4n) is 3.63. The Hall–Kier alpha value is -1.36. The van der Waals surface area contributed by atoms with E-state index in [0.717, 1.165) is 25.7 Å². The van der Waals surface area contributed by atoms with Crippen LogP contribution in [-0.4, -0.2) is 51.1 Å². The summed E-state index contributed by atoms with van der Waals surface area (Å²) in [6, 6.07) is -1.34. The molecule has 0 aromatic carbocycles. The summed E-state index contributed by atoms with van der Waals surface area (Å²) in [6.45, 7) is 2.20. The van der Waals surface area contributed by atoms with Gasteiger partial charge in [-0.15, -0.1) is 0 Å². The number of aliphatic carboxylic acids is 1. The number of nitrogens with two attached hydrogens (primary N) is 1. The molecule has 0 spiro atoms. The van der Waals surface area contributed by atoms with Crippen LogP contribution < -0.4 is 5.73 Å². The molecule has 0 heterocycles. The molecule has 4 N–H and O–H groups in total. The second-order valence-electron chi connectivity index (χ2n) is 9.25. The smallest absolute Gasteiger partial charge is 0.425 e. The van der Waals surface area contributed by atoms with E-state index in [4.69, 9.17) is 15.6 Å². The first-order valence-corrected chi connectivity index (χ1v) is 14.8. The van der Waals surface area contributed by atoms with Gasteiger partial charge in [-0.1, -0.05) is 84.0 Å². The molecule has 0 bridgehead atoms. The van der Waals surface area contributed by atoms with Crippen LogP contribution in [0.15, 0.2) is 0 Å². The van der Waals surface area contributed by atoms with E-state index in [1.54, 1.807) is 0 Å². The molecule has 0 aromatic heterocycles. The van der Waals surface area contributed by atoms with Crippen molar-refractivity contribution in [2.75, 3.05) is 11.5 Å². The molecule has 0 fully saturated rings. The van der Waals surface area contributed by atoms with Gasteiger partial charge in [0.25, 0.3) is 0 Å². The number of esters is 1. The highest BCUT2D eigenvalue weighted by Crippen LogP contribution is 2.27. The Morgan fingerprint density at radius 3 is 1.74 bits per heavy atom. The molecule has 35 heavy (non-hydrogen) atoms. The molecule has 11 heteroatoms. The minimum Gasteiger partial charge on any atom is -0.480 e. The van der Waals surface area contributed by atoms with E-state index in [1.165, 1.54) is 51.4 Å². The largest absolute Gasteiger partial charge is 0.480 e. The minimum atomic E-state index is -4.83. The van der Waals surface area contributed by atoms with Crippen molar-refractivity contribution < 1.29 is 36.8 Å². The van der Waals surface area contributed by atoms with Crippen LogP contribution in [0.5, 0.6) is 0 Å². The summed E-state index contributed by atoms with van der Waals surface area (Å²) in [7, 11) is -3.48. The molecule has 0 unspecified atom stereocenters. The number of alkyl halides is 3. The highest BCUT2D eigenvalue weighted by atomic mass is 32.2. The normalized spacial score (nSPS) is 15.3. The molecule has 0 aliphatic rings. The Morgan fingerprint density at radius 2 is 1.31 bits per heavy atom. The molecule has 0 radical (unpaired) electrons. The number of rotatable bonds is 22. The number of carbonyl (C=O) groups excluding carboxylic acids is 1. The SMILES string of the molecule is CCCCCCCCCCCCCCCC(=O)O[C@H](CC[S@](=N)(=O)CC[C@H](N)C(=O)O)C(F)(F)F. The van der Waals surface area contributed by atoms with Crippen LogP contribution in [0.2, 0.25) is 0 Å². The molecular formula is C24H45F3N2O5S. The molecular weight excluding hydrogens is 485 g/mol. The predicted molar refractivity (Wildman–Crippen MR) is 132 cm³/mol. The van der Waals surface area contributed by atoms with E-state index in [2.05, 4.69) is 11.7 Å². The van der Waals surface area contributed by atoms with Crippen LogP contribution in [0.3, 0.4) is 0 Å². The van der Waals surface area contributed by atoms with Crippen molar-refractivity contribution in [3.63, 3.8) is 0 Å². The number of carboxylic acid groups (broad SMARTS) is 1. The first kappa shape index (κ1) is 33.6. The van der Waals surface area contributed by atoms with Crippen molar-refractivity contribution in [3.8, 4) is 0 Å². The van der Waals surface area contributed by atoms with E-state index in [1.807, 2.05) is 0 Å². The Labute approximate surface area is 208 Å². The summed E-state index contributed by atoms with van der Waals surface area (Å²) in [5, 5.41) is 8.71. The molecule has 0 rings (SSSR count). The summed E-state index contributed by atoms with van der Waals surface area (Å²) in [4.78, 5) is 22.6. The van der Waals surface area contributed by atoms with Gasteiger partial charge in [-0.05, 0) is 12.8 Å². The molecule has 208 valence electrons. The number of hydrogen-bond acceptors (Lipinski definition) is 6. The second kappa shape index (κ2) is 18.8. The van der Waals surface area contributed by atoms with Crippen LogP contribution in [0.25, 0.3) is 0 Å². The monoisotopic (exact) mass is 530 g/mol. The van der Waals surface area contributed by atoms with E-state index in [9.17, 15) is 27.0 Å². The number of ether oxygens (including phenoxy) is 1. The summed E-state index contributed by atoms with van der Waals surface area (Å²) in [5.41, 5.74) is 5.28. The first-order chi connectivity index (χ1) is 16.4. The fourth-order valence-corrected chi connectivity index (χ4v) is 5.07. The van der Waals surface area contributed by atoms with Crippen LogP contribution >= 0.6 is 0 Å². The maximum Gasteiger partial charge on any atom is 0.425 e. The maximum atomic E-state index is 13.2. The number of nitrogens with one attached hydrogen (secondary N) is 1. The predicted octanol–water partition coefficient (Wildman–Crippen LogP) is 6.18. The summed E-state index contributed by atoms with van der Waals surface area (Å²) >= 11 is 0. The number of carbonyl (C=O) groups is 2. The Morgan fingerprint density at radius 1 is 0.886 bits per heavy atom. The van der Waals surface area contributed by atoms with E-state index in [0.29, 0.717) is 6.42 Å². The van der Waals surface area contributed by atoms with Crippen LogP contribution in [0.4, 0.5) is 13.2 Å². The third-order valence-electron chi connectivity index (χ3n) is 5.91. The van der Waals surface area contributed by atoms with Crippen molar-refractivity contribution in [2.24, 2.45) is 5.73 Å². The lowest BCUT2D eigenvalue weighted by Crippen LogP contribution is -2.36. The first-order valence-electron chi connectivity index (χ1n) is 12.9. The van der Waals surface area contributed by atoms with Crippen LogP contribution in [0.1, 0.15) is 110 Å². The van der Waals surface area contributed by atoms with Gasteiger partial charge in [-0.25, -0.2) is 4.21 Å². The van der Waals surface area contributed by atoms with Crippen LogP contribution in [0, 0.1) is 4.78 Å². The molecule has 0 aliphatic carbocycles. The Bertz CT molecular complexity index is 687. The van der Waals surface area contributed by atoms with E-state index >= 15 is 0 Å². The van der Waals surface area contributed by atoms with Gasteiger partial charge in [-0.2, -0.15) is 13.2 Å². The van der Waals surface area contributed by atoms with Crippen molar-refractivity contribution in [1.82, 2.24) is 0 Å². The zero-order valence-electron chi connectivity index (χ0n) is 21.1. The molecule has 7 nitrogen and oxygen atoms in total. The van der Waals surface area contributed by atoms with E-state index in [-0.39, 0.29) is 12.8 Å². The average Bonchev–Trinajstić information content (AvgIpc) is 2.77. The standard InChI is InChI=1S/C24H45F3N2O5S/c1-2-3-4-5-6-7-8-9-10-11-12-13-14-15-22(30)34-21(24(25,26)27)17-19-35(29,33)18-16-20(28)23(31)32/h20-21,29H,2-19,28H2,1H3,(H,31,32)/t20-,21+,35+/m0/s1. The maximum absolute atomic E-state index is 13.2. The summed E-state index contributed by atoms with van der Waals surface area (Å²) < 4.78 is 64.1.